The van der Waals surface area contributed by atoms with Crippen LogP contribution in [0, 0.1) is 5.92 Å². The normalized spacial score (nSPS) is 18.6. The van der Waals surface area contributed by atoms with Crippen molar-refractivity contribution in [3.05, 3.63) is 167 Å². The van der Waals surface area contributed by atoms with Crippen LogP contribution < -0.4 is 10.1 Å². The molecule has 0 radical (unpaired) electrons. The maximum Gasteiger partial charge on any atom is 0.338 e. The minimum atomic E-state index is -1.08. The molecule has 8 rings (SSSR count). The first-order valence-corrected chi connectivity index (χ1v) is 20.0. The van der Waals surface area contributed by atoms with Crippen LogP contribution in [0.15, 0.2) is 133 Å². The van der Waals surface area contributed by atoms with Gasteiger partial charge in [0.2, 0.25) is 17.7 Å². The third-order valence-electron chi connectivity index (χ3n) is 11.5. The second kappa shape index (κ2) is 17.3. The van der Waals surface area contributed by atoms with Gasteiger partial charge in [-0.2, -0.15) is 0 Å². The van der Waals surface area contributed by atoms with Gasteiger partial charge in [0.05, 0.1) is 5.56 Å². The molecule has 9 nitrogen and oxygen atoms in total. The highest BCUT2D eigenvalue weighted by atomic mass is 16.5. The van der Waals surface area contributed by atoms with Crippen molar-refractivity contribution in [1.29, 1.82) is 0 Å². The van der Waals surface area contributed by atoms with Crippen molar-refractivity contribution < 1.29 is 28.7 Å². The molecule has 57 heavy (non-hydrogen) atoms. The molecule has 2 aliphatic heterocycles. The maximum atomic E-state index is 15.0. The molecule has 9 heteroatoms. The molecular weight excluding hydrogens is 715 g/mol. The SMILES string of the molecule is O=C(OCc1ccccc1)c1ccc(CNC(=O)C(c2ccc(Oc3ccccc3)cc2)N2C(=O)C3Cc4ccccc4CN3C(=O)C2CC2CCCCC2)cc1. The monoisotopic (exact) mass is 761 g/mol. The Morgan fingerprint density at radius 1 is 0.684 bits per heavy atom. The van der Waals surface area contributed by atoms with Crippen LogP contribution in [0.5, 0.6) is 11.5 Å². The van der Waals surface area contributed by atoms with Crippen molar-refractivity contribution in [3.63, 3.8) is 0 Å². The molecule has 1 aliphatic carbocycles. The van der Waals surface area contributed by atoms with Crippen LogP contribution in [0.1, 0.15) is 82.7 Å². The third-order valence-corrected chi connectivity index (χ3v) is 11.5. The number of carbonyl (C=O) groups excluding carboxylic acids is 4. The Labute approximate surface area is 333 Å². The summed E-state index contributed by atoms with van der Waals surface area (Å²) < 4.78 is 11.6. The zero-order valence-electron chi connectivity index (χ0n) is 31.9. The number of esters is 1. The minimum absolute atomic E-state index is 0.101. The predicted molar refractivity (Wildman–Crippen MR) is 216 cm³/mol. The molecular formula is C48H47N3O6. The number of hydrogen-bond donors (Lipinski definition) is 1. The van der Waals surface area contributed by atoms with Crippen LogP contribution in [-0.2, 0) is 45.2 Å². The molecule has 2 heterocycles. The second-order valence-corrected chi connectivity index (χ2v) is 15.3. The van der Waals surface area contributed by atoms with Gasteiger partial charge < -0.3 is 24.6 Å². The van der Waals surface area contributed by atoms with Gasteiger partial charge in [0, 0.05) is 19.5 Å². The summed E-state index contributed by atoms with van der Waals surface area (Å²) >= 11 is 0. The highest BCUT2D eigenvalue weighted by Crippen LogP contribution is 2.39. The zero-order valence-corrected chi connectivity index (χ0v) is 31.9. The average Bonchev–Trinajstić information content (AvgIpc) is 3.26. The molecule has 5 aromatic carbocycles. The van der Waals surface area contributed by atoms with E-state index in [0.29, 0.717) is 42.0 Å². The summed E-state index contributed by atoms with van der Waals surface area (Å²) in [6.07, 6.45) is 6.25. The topological polar surface area (TPSA) is 105 Å². The fourth-order valence-corrected chi connectivity index (χ4v) is 8.50. The Balaban J connectivity index is 1.08. The first-order chi connectivity index (χ1) is 27.9. The Morgan fingerprint density at radius 3 is 2.05 bits per heavy atom. The maximum absolute atomic E-state index is 15.0. The number of rotatable bonds is 12. The number of carbonyl (C=O) groups is 4. The molecule has 0 aromatic heterocycles. The molecule has 3 atom stereocenters. The van der Waals surface area contributed by atoms with Gasteiger partial charge >= 0.3 is 5.97 Å². The van der Waals surface area contributed by atoms with Crippen LogP contribution >= 0.6 is 0 Å². The fourth-order valence-electron chi connectivity index (χ4n) is 8.50. The van der Waals surface area contributed by atoms with Crippen LogP contribution in [0.4, 0.5) is 0 Å². The largest absolute Gasteiger partial charge is 0.457 e. The van der Waals surface area contributed by atoms with E-state index in [1.807, 2.05) is 97.1 Å². The smallest absolute Gasteiger partial charge is 0.338 e. The third kappa shape index (κ3) is 8.63. The molecule has 2 fully saturated rings. The van der Waals surface area contributed by atoms with Gasteiger partial charge in [-0.15, -0.1) is 0 Å². The molecule has 3 amide bonds. The fraction of sp³-hybridized carbons (Fsp3) is 0.292. The zero-order chi connectivity index (χ0) is 39.1. The lowest BCUT2D eigenvalue weighted by molar-refractivity contribution is -0.169. The number of benzene rings is 5. The highest BCUT2D eigenvalue weighted by molar-refractivity contribution is 6.00. The summed E-state index contributed by atoms with van der Waals surface area (Å²) in [6.45, 7) is 0.692. The van der Waals surface area contributed by atoms with E-state index in [2.05, 4.69) is 5.32 Å². The van der Waals surface area contributed by atoms with Crippen LogP contribution in [-0.4, -0.2) is 45.6 Å². The van der Waals surface area contributed by atoms with E-state index in [4.69, 9.17) is 9.47 Å². The number of hydrogen-bond acceptors (Lipinski definition) is 6. The van der Waals surface area contributed by atoms with E-state index in [0.717, 1.165) is 47.9 Å². The average molecular weight is 762 g/mol. The van der Waals surface area contributed by atoms with Crippen LogP contribution in [0.3, 0.4) is 0 Å². The predicted octanol–water partition coefficient (Wildman–Crippen LogP) is 8.33. The van der Waals surface area contributed by atoms with Crippen molar-refractivity contribution in [1.82, 2.24) is 15.1 Å². The lowest BCUT2D eigenvalue weighted by Crippen LogP contribution is -2.67. The number of amides is 3. The van der Waals surface area contributed by atoms with Gasteiger partial charge in [-0.3, -0.25) is 14.4 Å². The van der Waals surface area contributed by atoms with Gasteiger partial charge in [-0.05, 0) is 76.6 Å². The van der Waals surface area contributed by atoms with Gasteiger partial charge in [0.15, 0.2) is 0 Å². The van der Waals surface area contributed by atoms with Crippen LogP contribution in [0.2, 0.25) is 0 Å². The van der Waals surface area contributed by atoms with Crippen molar-refractivity contribution in [2.45, 2.75) is 82.8 Å². The van der Waals surface area contributed by atoms with Crippen molar-refractivity contribution in [2.24, 2.45) is 5.92 Å². The van der Waals surface area contributed by atoms with E-state index in [-0.39, 0.29) is 30.9 Å². The standard InChI is InChI=1S/C48H47N3O6/c52-45(49-30-34-20-22-37(23-21-34)48(55)56-32-35-14-6-2-7-15-35)44(36-24-26-41(27-25-36)57-40-18-8-3-9-19-40)51-43(28-33-12-4-1-5-13-33)46(53)50-31-39-17-11-10-16-38(39)29-42(50)47(51)54/h2-3,6-11,14-27,33,42-44H,1,4-5,12-13,28-32H2,(H,49,52). The summed E-state index contributed by atoms with van der Waals surface area (Å²) in [4.78, 5) is 60.6. The summed E-state index contributed by atoms with van der Waals surface area (Å²) in [5.74, 6) is 0.394. The highest BCUT2D eigenvalue weighted by Gasteiger charge is 2.51. The van der Waals surface area contributed by atoms with Gasteiger partial charge in [-0.25, -0.2) is 4.79 Å². The molecule has 0 bridgehead atoms. The molecule has 1 saturated heterocycles. The van der Waals surface area contributed by atoms with Crippen molar-refractivity contribution in [3.8, 4) is 11.5 Å². The lowest BCUT2D eigenvalue weighted by atomic mass is 9.81. The van der Waals surface area contributed by atoms with Crippen molar-refractivity contribution >= 4 is 23.7 Å². The van der Waals surface area contributed by atoms with Crippen molar-refractivity contribution in [2.75, 3.05) is 0 Å². The first-order valence-electron chi connectivity index (χ1n) is 20.0. The number of para-hydroxylation sites is 1. The summed E-state index contributed by atoms with van der Waals surface area (Å²) in [7, 11) is 0. The lowest BCUT2D eigenvalue weighted by Gasteiger charge is -2.50. The summed E-state index contributed by atoms with van der Waals surface area (Å²) in [5, 5.41) is 3.09. The number of piperazine rings is 1. The second-order valence-electron chi connectivity index (χ2n) is 15.3. The molecule has 3 unspecified atom stereocenters. The van der Waals surface area contributed by atoms with Gasteiger partial charge in [0.25, 0.3) is 0 Å². The molecule has 1 saturated carbocycles. The van der Waals surface area contributed by atoms with E-state index in [1.165, 1.54) is 6.42 Å². The van der Waals surface area contributed by atoms with Crippen LogP contribution in [0.25, 0.3) is 0 Å². The first kappa shape index (κ1) is 37.7. The molecule has 290 valence electrons. The summed E-state index contributed by atoms with van der Waals surface area (Å²) in [5.41, 5.74) is 4.75. The Morgan fingerprint density at radius 2 is 1.33 bits per heavy atom. The molecule has 0 spiro atoms. The Kier molecular flexibility index (Phi) is 11.4. The quantitative estimate of drug-likeness (QED) is 0.128. The number of nitrogens with one attached hydrogen (secondary N) is 1. The van der Waals surface area contributed by atoms with Gasteiger partial charge in [-0.1, -0.05) is 129 Å². The number of ether oxygens (including phenoxy) is 2. The van der Waals surface area contributed by atoms with E-state index < -0.39 is 30.0 Å². The van der Waals surface area contributed by atoms with E-state index in [1.54, 1.807) is 46.2 Å². The number of nitrogens with zero attached hydrogens (tertiary/aromatic N) is 2. The Hall–Kier alpha value is -6.22. The van der Waals surface area contributed by atoms with E-state index >= 15 is 0 Å². The molecule has 1 N–H and O–H groups in total. The van der Waals surface area contributed by atoms with Gasteiger partial charge in [0.1, 0.15) is 36.2 Å². The Bertz CT molecular complexity index is 2190. The summed E-state index contributed by atoms with van der Waals surface area (Å²) in [6, 6.07) is 38.5. The molecule has 5 aromatic rings. The number of fused-ring (bicyclic) bond motifs is 2. The molecule has 3 aliphatic rings. The van der Waals surface area contributed by atoms with E-state index in [9.17, 15) is 19.2 Å². The minimum Gasteiger partial charge on any atom is -0.457 e.